The minimum absolute atomic E-state index is 0.106. The summed E-state index contributed by atoms with van der Waals surface area (Å²) in [4.78, 5) is 16.5. The number of halogens is 1. The highest BCUT2D eigenvalue weighted by atomic mass is 19.1. The van der Waals surface area contributed by atoms with Crippen molar-refractivity contribution >= 4 is 5.78 Å². The number of carbonyl (C=O) groups excluding carboxylic acids is 1. The molecule has 3 aromatic rings. The molecule has 4 nitrogen and oxygen atoms in total. The van der Waals surface area contributed by atoms with Crippen LogP contribution in [0.1, 0.15) is 33.0 Å². The molecule has 5 heteroatoms. The molecule has 0 aliphatic carbocycles. The van der Waals surface area contributed by atoms with E-state index in [0.29, 0.717) is 17.8 Å². The smallest absolute Gasteiger partial charge is 0.187 e. The Morgan fingerprint density at radius 3 is 2.58 bits per heavy atom. The van der Waals surface area contributed by atoms with E-state index in [4.69, 9.17) is 0 Å². The average molecular weight is 321 g/mol. The molecule has 1 aromatic carbocycles. The van der Waals surface area contributed by atoms with Crippen LogP contribution < -0.4 is 0 Å². The Morgan fingerprint density at radius 2 is 1.92 bits per heavy atom. The van der Waals surface area contributed by atoms with Crippen molar-refractivity contribution in [3.8, 4) is 0 Å². The summed E-state index contributed by atoms with van der Waals surface area (Å²) >= 11 is 0. The van der Waals surface area contributed by atoms with Crippen molar-refractivity contribution in [1.29, 1.82) is 0 Å². The molecule has 0 aliphatic rings. The van der Waals surface area contributed by atoms with Gasteiger partial charge in [-0.15, -0.1) is 0 Å². The maximum absolute atomic E-state index is 13.2. The van der Waals surface area contributed by atoms with Crippen LogP contribution in [-0.2, 0) is 12.8 Å². The van der Waals surface area contributed by atoms with E-state index in [0.717, 1.165) is 16.8 Å². The van der Waals surface area contributed by atoms with E-state index >= 15 is 0 Å². The fraction of sp³-hybridized carbons (Fsp3) is 0.158. The molecule has 2 aromatic heterocycles. The zero-order valence-corrected chi connectivity index (χ0v) is 13.2. The quantitative estimate of drug-likeness (QED) is 0.676. The molecule has 0 saturated heterocycles. The molecule has 24 heavy (non-hydrogen) atoms. The number of nitrogens with zero attached hydrogens (tertiary/aromatic N) is 3. The van der Waals surface area contributed by atoms with Crippen molar-refractivity contribution in [2.24, 2.45) is 0 Å². The number of rotatable bonds is 5. The van der Waals surface area contributed by atoms with Crippen LogP contribution in [0.4, 0.5) is 4.39 Å². The maximum atomic E-state index is 13.2. The fourth-order valence-electron chi connectivity index (χ4n) is 2.35. The summed E-state index contributed by atoms with van der Waals surface area (Å²) in [5.41, 5.74) is 3.61. The van der Waals surface area contributed by atoms with Gasteiger partial charge in [-0.05, 0) is 54.8 Å². The molecular formula is C19H16FN3O. The van der Waals surface area contributed by atoms with Gasteiger partial charge in [-0.3, -0.25) is 9.78 Å². The first kappa shape index (κ1) is 15.9. The molecule has 0 unspecified atom stereocenters. The summed E-state index contributed by atoms with van der Waals surface area (Å²) in [5, 5.41) is 7.93. The van der Waals surface area contributed by atoms with E-state index in [-0.39, 0.29) is 18.0 Å². The molecule has 3 rings (SSSR count). The Kier molecular flexibility index (Phi) is 4.70. The highest BCUT2D eigenvalue weighted by Gasteiger charge is 2.10. The standard InChI is InChI=1S/C19H16FN3O/c1-13-5-7-17(23-22-13)11-19(24)18-8-6-15(12-21-18)9-14-3-2-4-16(20)10-14/h2-8,10,12H,9,11H2,1H3. The molecule has 0 radical (unpaired) electrons. The molecule has 0 N–H and O–H groups in total. The summed E-state index contributed by atoms with van der Waals surface area (Å²) < 4.78 is 13.2. The number of hydrogen-bond acceptors (Lipinski definition) is 4. The third-order valence-corrected chi connectivity index (χ3v) is 3.60. The first-order chi connectivity index (χ1) is 11.6. The topological polar surface area (TPSA) is 55.7 Å². The predicted octanol–water partition coefficient (Wildman–Crippen LogP) is 3.34. The number of benzene rings is 1. The number of ketones is 1. The molecule has 0 spiro atoms. The van der Waals surface area contributed by atoms with E-state index in [9.17, 15) is 9.18 Å². The lowest BCUT2D eigenvalue weighted by molar-refractivity contribution is 0.0987. The van der Waals surface area contributed by atoms with E-state index < -0.39 is 0 Å². The third-order valence-electron chi connectivity index (χ3n) is 3.60. The van der Waals surface area contributed by atoms with E-state index in [1.54, 1.807) is 24.4 Å². The molecule has 0 aliphatic heterocycles. The van der Waals surface area contributed by atoms with Crippen molar-refractivity contribution in [2.45, 2.75) is 19.8 Å². The van der Waals surface area contributed by atoms with Crippen molar-refractivity contribution in [1.82, 2.24) is 15.2 Å². The Hall–Kier alpha value is -2.95. The number of hydrogen-bond donors (Lipinski definition) is 0. The second-order valence-corrected chi connectivity index (χ2v) is 5.62. The summed E-state index contributed by atoms with van der Waals surface area (Å²) in [7, 11) is 0. The fourth-order valence-corrected chi connectivity index (χ4v) is 2.35. The van der Waals surface area contributed by atoms with Crippen LogP contribution in [0, 0.1) is 12.7 Å². The van der Waals surface area contributed by atoms with Gasteiger partial charge in [0.25, 0.3) is 0 Å². The van der Waals surface area contributed by atoms with Crippen molar-refractivity contribution in [3.05, 3.63) is 88.8 Å². The van der Waals surface area contributed by atoms with Gasteiger partial charge >= 0.3 is 0 Å². The average Bonchev–Trinajstić information content (AvgIpc) is 2.57. The van der Waals surface area contributed by atoms with Crippen LogP contribution in [-0.4, -0.2) is 21.0 Å². The Bertz CT molecular complexity index is 845. The van der Waals surface area contributed by atoms with Crippen LogP contribution in [0.2, 0.25) is 0 Å². The zero-order valence-electron chi connectivity index (χ0n) is 13.2. The number of carbonyl (C=O) groups is 1. The normalized spacial score (nSPS) is 10.6. The third kappa shape index (κ3) is 4.07. The summed E-state index contributed by atoms with van der Waals surface area (Å²) in [5.74, 6) is -0.364. The van der Waals surface area contributed by atoms with Gasteiger partial charge in [0.05, 0.1) is 17.8 Å². The lowest BCUT2D eigenvalue weighted by Crippen LogP contribution is -2.08. The van der Waals surface area contributed by atoms with Gasteiger partial charge in [0.1, 0.15) is 11.5 Å². The van der Waals surface area contributed by atoms with Gasteiger partial charge in [-0.2, -0.15) is 10.2 Å². The van der Waals surface area contributed by atoms with Crippen LogP contribution in [0.3, 0.4) is 0 Å². The first-order valence-corrected chi connectivity index (χ1v) is 7.62. The SMILES string of the molecule is Cc1ccc(CC(=O)c2ccc(Cc3cccc(F)c3)cn2)nn1. The maximum Gasteiger partial charge on any atom is 0.187 e. The second kappa shape index (κ2) is 7.08. The summed E-state index contributed by atoms with van der Waals surface area (Å²) in [6.07, 6.45) is 2.39. The van der Waals surface area contributed by atoms with Crippen LogP contribution in [0.5, 0.6) is 0 Å². The minimum atomic E-state index is -0.258. The Balaban J connectivity index is 1.67. The van der Waals surface area contributed by atoms with Crippen molar-refractivity contribution < 1.29 is 9.18 Å². The lowest BCUT2D eigenvalue weighted by Gasteiger charge is -2.04. The van der Waals surface area contributed by atoms with Crippen LogP contribution in [0.25, 0.3) is 0 Å². The number of aryl methyl sites for hydroxylation is 1. The molecule has 0 saturated carbocycles. The minimum Gasteiger partial charge on any atom is -0.292 e. The first-order valence-electron chi connectivity index (χ1n) is 7.62. The highest BCUT2D eigenvalue weighted by Crippen LogP contribution is 2.11. The Labute approximate surface area is 139 Å². The van der Waals surface area contributed by atoms with Crippen molar-refractivity contribution in [2.75, 3.05) is 0 Å². The van der Waals surface area contributed by atoms with Crippen LogP contribution in [0.15, 0.2) is 54.7 Å². The molecule has 2 heterocycles. The molecule has 120 valence electrons. The van der Waals surface area contributed by atoms with Crippen LogP contribution >= 0.6 is 0 Å². The number of pyridine rings is 1. The zero-order chi connectivity index (χ0) is 16.9. The van der Waals surface area contributed by atoms with Gasteiger partial charge in [0, 0.05) is 6.20 Å². The lowest BCUT2D eigenvalue weighted by atomic mass is 10.1. The van der Waals surface area contributed by atoms with Gasteiger partial charge in [0.15, 0.2) is 5.78 Å². The summed E-state index contributed by atoms with van der Waals surface area (Å²) in [6.45, 7) is 1.84. The van der Waals surface area contributed by atoms with Gasteiger partial charge in [0.2, 0.25) is 0 Å². The van der Waals surface area contributed by atoms with Crippen molar-refractivity contribution in [3.63, 3.8) is 0 Å². The second-order valence-electron chi connectivity index (χ2n) is 5.62. The molecule has 0 fully saturated rings. The van der Waals surface area contributed by atoms with E-state index in [2.05, 4.69) is 15.2 Å². The summed E-state index contributed by atoms with van der Waals surface area (Å²) in [6, 6.07) is 13.6. The highest BCUT2D eigenvalue weighted by molar-refractivity contribution is 5.95. The predicted molar refractivity (Wildman–Crippen MR) is 88.2 cm³/mol. The monoisotopic (exact) mass is 321 g/mol. The van der Waals surface area contributed by atoms with E-state index in [1.165, 1.54) is 12.1 Å². The van der Waals surface area contributed by atoms with Gasteiger partial charge in [-0.1, -0.05) is 18.2 Å². The molecular weight excluding hydrogens is 305 g/mol. The molecule has 0 amide bonds. The van der Waals surface area contributed by atoms with Gasteiger partial charge in [-0.25, -0.2) is 4.39 Å². The molecule has 0 bridgehead atoms. The van der Waals surface area contributed by atoms with Gasteiger partial charge < -0.3 is 0 Å². The largest absolute Gasteiger partial charge is 0.292 e. The van der Waals surface area contributed by atoms with E-state index in [1.807, 2.05) is 25.1 Å². The number of aromatic nitrogens is 3. The molecule has 0 atom stereocenters. The number of Topliss-reactive ketones (excluding diaryl/α,β-unsaturated/α-hetero) is 1. The Morgan fingerprint density at radius 1 is 1.04 bits per heavy atom.